The summed E-state index contributed by atoms with van der Waals surface area (Å²) in [4.78, 5) is 20.4. The van der Waals surface area contributed by atoms with Gasteiger partial charge in [0.1, 0.15) is 6.29 Å². The van der Waals surface area contributed by atoms with Crippen LogP contribution in [0.15, 0.2) is 36.5 Å². The van der Waals surface area contributed by atoms with Crippen LogP contribution in [0.25, 0.3) is 0 Å². The van der Waals surface area contributed by atoms with Crippen molar-refractivity contribution in [3.63, 3.8) is 0 Å². The molecule has 1 N–H and O–H groups in total. The van der Waals surface area contributed by atoms with Crippen molar-refractivity contribution in [3.8, 4) is 0 Å². The standard InChI is InChI=1S/C20H36O2.C14H26O/c1-2-3-4-5-6-7-8-9-10-11-12-13-14-15-16-17-18-19-20(21)22;1-2-3-4-5-6-7-8-9-10-11-12-13-14-15/h5-6,15-16H,2-4,7-14,17-19H2,1H3,(H,21,22);3-4,14H,2,5-13H2,1H3/b6-5-,16-15-;4-3-. The van der Waals surface area contributed by atoms with Crippen molar-refractivity contribution < 1.29 is 14.7 Å². The van der Waals surface area contributed by atoms with E-state index < -0.39 is 5.97 Å². The van der Waals surface area contributed by atoms with Crippen LogP contribution in [0.4, 0.5) is 0 Å². The Kier molecular flexibility index (Phi) is 37.0. The van der Waals surface area contributed by atoms with Gasteiger partial charge in [0, 0.05) is 12.8 Å². The maximum Gasteiger partial charge on any atom is 0.303 e. The second-order valence-corrected chi connectivity index (χ2v) is 10.2. The van der Waals surface area contributed by atoms with E-state index >= 15 is 0 Å². The van der Waals surface area contributed by atoms with Crippen LogP contribution in [0.5, 0.6) is 0 Å². The molecule has 0 rings (SSSR count). The normalized spacial score (nSPS) is 11.4. The van der Waals surface area contributed by atoms with Crippen LogP contribution in [-0.2, 0) is 9.59 Å². The maximum atomic E-state index is 10.3. The second-order valence-electron chi connectivity index (χ2n) is 10.2. The van der Waals surface area contributed by atoms with Crippen LogP contribution in [0.3, 0.4) is 0 Å². The molecule has 0 aliphatic heterocycles. The monoisotopic (exact) mass is 518 g/mol. The minimum Gasteiger partial charge on any atom is -0.481 e. The van der Waals surface area contributed by atoms with Gasteiger partial charge in [-0.25, -0.2) is 0 Å². The Labute approximate surface area is 231 Å². The number of carboxylic acids is 1. The number of carboxylic acid groups (broad SMARTS) is 1. The molecule has 0 aliphatic carbocycles. The average molecular weight is 519 g/mol. The van der Waals surface area contributed by atoms with Gasteiger partial charge in [0.25, 0.3) is 0 Å². The Morgan fingerprint density at radius 1 is 0.486 bits per heavy atom. The molecule has 0 aliphatic rings. The highest BCUT2D eigenvalue weighted by Gasteiger charge is 1.94. The number of hydrogen-bond acceptors (Lipinski definition) is 2. The number of allylic oxidation sites excluding steroid dienone is 6. The largest absolute Gasteiger partial charge is 0.481 e. The van der Waals surface area contributed by atoms with E-state index in [2.05, 4.69) is 50.3 Å². The number of aldehydes is 1. The minimum atomic E-state index is -0.690. The molecule has 0 aromatic rings. The zero-order valence-electron chi connectivity index (χ0n) is 24.8. The first-order chi connectivity index (χ1) is 18.2. The van der Waals surface area contributed by atoms with Gasteiger partial charge in [0.2, 0.25) is 0 Å². The van der Waals surface area contributed by atoms with Crippen LogP contribution in [0, 0.1) is 0 Å². The van der Waals surface area contributed by atoms with Crippen molar-refractivity contribution in [2.24, 2.45) is 0 Å². The molecule has 0 heterocycles. The molecule has 0 atom stereocenters. The zero-order valence-corrected chi connectivity index (χ0v) is 24.8. The van der Waals surface area contributed by atoms with Crippen molar-refractivity contribution in [2.75, 3.05) is 0 Å². The fraction of sp³-hybridized carbons (Fsp3) is 0.765. The first-order valence-electron chi connectivity index (χ1n) is 15.8. The Hall–Kier alpha value is -1.64. The molecule has 3 heteroatoms. The second kappa shape index (κ2) is 36.5. The lowest BCUT2D eigenvalue weighted by Crippen LogP contribution is -1.92. The molecule has 216 valence electrons. The number of aliphatic carboxylic acids is 1. The Bertz CT molecular complexity index is 533. The quantitative estimate of drug-likeness (QED) is 0.0668. The SMILES string of the molecule is CC/C=C\CCCCCCCCCC=O.CCCC/C=C\CCCCCCCC/C=C\CCCC(=O)O. The van der Waals surface area contributed by atoms with E-state index in [1.54, 1.807) is 0 Å². The molecule has 0 aromatic heterocycles. The van der Waals surface area contributed by atoms with E-state index in [0.717, 1.165) is 44.8 Å². The molecule has 0 aromatic carbocycles. The van der Waals surface area contributed by atoms with E-state index in [4.69, 9.17) is 5.11 Å². The lowest BCUT2D eigenvalue weighted by atomic mass is 10.1. The molecule has 0 saturated heterocycles. The third kappa shape index (κ3) is 41.7. The van der Waals surface area contributed by atoms with Gasteiger partial charge in [-0.3, -0.25) is 4.79 Å². The van der Waals surface area contributed by atoms with E-state index in [9.17, 15) is 9.59 Å². The number of hydrogen-bond donors (Lipinski definition) is 1. The number of carbonyl (C=O) groups excluding carboxylic acids is 1. The number of rotatable bonds is 27. The summed E-state index contributed by atoms with van der Waals surface area (Å²) in [6.45, 7) is 4.42. The van der Waals surface area contributed by atoms with Gasteiger partial charge in [0.05, 0.1) is 0 Å². The van der Waals surface area contributed by atoms with Gasteiger partial charge in [-0.15, -0.1) is 0 Å². The van der Waals surface area contributed by atoms with E-state index in [1.807, 2.05) is 0 Å². The molecule has 0 saturated carbocycles. The zero-order chi connectivity index (χ0) is 27.5. The van der Waals surface area contributed by atoms with Crippen molar-refractivity contribution in [1.29, 1.82) is 0 Å². The molecule has 0 radical (unpaired) electrons. The summed E-state index contributed by atoms with van der Waals surface area (Å²) in [5, 5.41) is 8.51. The van der Waals surface area contributed by atoms with Crippen LogP contribution >= 0.6 is 0 Å². The molecule has 0 fully saturated rings. The van der Waals surface area contributed by atoms with Gasteiger partial charge < -0.3 is 9.90 Å². The van der Waals surface area contributed by atoms with Crippen LogP contribution < -0.4 is 0 Å². The summed E-state index contributed by atoms with van der Waals surface area (Å²) < 4.78 is 0. The predicted octanol–water partition coefficient (Wildman–Crippen LogP) is 11.3. The minimum absolute atomic E-state index is 0.290. The fourth-order valence-electron chi connectivity index (χ4n) is 4.05. The van der Waals surface area contributed by atoms with Gasteiger partial charge in [-0.1, -0.05) is 121 Å². The molecule has 0 bridgehead atoms. The van der Waals surface area contributed by atoms with Crippen molar-refractivity contribution in [1.82, 2.24) is 0 Å². The molecule has 37 heavy (non-hydrogen) atoms. The van der Waals surface area contributed by atoms with Crippen LogP contribution in [0.1, 0.15) is 168 Å². The van der Waals surface area contributed by atoms with E-state index in [0.29, 0.717) is 0 Å². The Morgan fingerprint density at radius 3 is 1.22 bits per heavy atom. The number of carbonyl (C=O) groups is 2. The molecule has 0 unspecified atom stereocenters. The lowest BCUT2D eigenvalue weighted by Gasteiger charge is -1.99. The van der Waals surface area contributed by atoms with Crippen LogP contribution in [0.2, 0.25) is 0 Å². The van der Waals surface area contributed by atoms with Crippen molar-refractivity contribution in [2.45, 2.75) is 168 Å². The van der Waals surface area contributed by atoms with Gasteiger partial charge >= 0.3 is 5.97 Å². The predicted molar refractivity (Wildman–Crippen MR) is 163 cm³/mol. The summed E-state index contributed by atoms with van der Waals surface area (Å²) >= 11 is 0. The fourth-order valence-corrected chi connectivity index (χ4v) is 4.05. The van der Waals surface area contributed by atoms with E-state index in [-0.39, 0.29) is 6.42 Å². The highest BCUT2D eigenvalue weighted by atomic mass is 16.4. The first-order valence-corrected chi connectivity index (χ1v) is 15.8. The highest BCUT2D eigenvalue weighted by Crippen LogP contribution is 2.11. The molecular weight excluding hydrogens is 456 g/mol. The smallest absolute Gasteiger partial charge is 0.303 e. The first kappa shape index (κ1) is 37.5. The van der Waals surface area contributed by atoms with Gasteiger partial charge in [0.15, 0.2) is 0 Å². The third-order valence-corrected chi connectivity index (χ3v) is 6.41. The summed E-state index contributed by atoms with van der Waals surface area (Å²) in [5.74, 6) is -0.690. The maximum absolute atomic E-state index is 10.3. The highest BCUT2D eigenvalue weighted by molar-refractivity contribution is 5.66. The van der Waals surface area contributed by atoms with E-state index in [1.165, 1.54) is 109 Å². The lowest BCUT2D eigenvalue weighted by molar-refractivity contribution is -0.137. The average Bonchev–Trinajstić information content (AvgIpc) is 2.89. The Morgan fingerprint density at radius 2 is 0.838 bits per heavy atom. The molecule has 0 spiro atoms. The van der Waals surface area contributed by atoms with Crippen molar-refractivity contribution >= 4 is 12.3 Å². The summed E-state index contributed by atoms with van der Waals surface area (Å²) in [7, 11) is 0. The molecular formula is C34H62O3. The van der Waals surface area contributed by atoms with Gasteiger partial charge in [-0.2, -0.15) is 0 Å². The third-order valence-electron chi connectivity index (χ3n) is 6.41. The number of unbranched alkanes of at least 4 members (excludes halogenated alkanes) is 18. The summed E-state index contributed by atoms with van der Waals surface area (Å²) in [6.07, 6.45) is 43.0. The topological polar surface area (TPSA) is 54.4 Å². The van der Waals surface area contributed by atoms with Crippen molar-refractivity contribution in [3.05, 3.63) is 36.5 Å². The Balaban J connectivity index is 0. The van der Waals surface area contributed by atoms with Crippen LogP contribution in [-0.4, -0.2) is 17.4 Å². The van der Waals surface area contributed by atoms with Gasteiger partial charge in [-0.05, 0) is 70.6 Å². The molecule has 3 nitrogen and oxygen atoms in total. The summed E-state index contributed by atoms with van der Waals surface area (Å²) in [6, 6.07) is 0. The summed E-state index contributed by atoms with van der Waals surface area (Å²) in [5.41, 5.74) is 0. The molecule has 0 amide bonds.